The number of carbonyl (C=O) groups is 1. The Morgan fingerprint density at radius 3 is 1.48 bits per heavy atom. The smallest absolute Gasteiger partial charge is 0.335 e. The number of carboxylic acid groups (broad SMARTS) is 1. The van der Waals surface area contributed by atoms with Gasteiger partial charge in [0.2, 0.25) is 0 Å². The van der Waals surface area contributed by atoms with Crippen LogP contribution in [0.2, 0.25) is 0 Å². The monoisotopic (exact) mass is 435 g/mol. The molecule has 13 heteroatoms. The van der Waals surface area contributed by atoms with Gasteiger partial charge in [-0.15, -0.1) is 0 Å². The SMILES string of the molecule is CS(=O)(=O)c1cc(-c2cc(C(=O)O)cc(-c3cc(S(C)(=O)=O)ncn3)n2)ncn1. The number of pyridine rings is 1. The van der Waals surface area contributed by atoms with Gasteiger partial charge in [0.1, 0.15) is 12.7 Å². The van der Waals surface area contributed by atoms with E-state index in [1.807, 2.05) is 0 Å². The number of nitrogens with zero attached hydrogens (tertiary/aromatic N) is 5. The number of sulfone groups is 2. The molecular formula is C16H13N5O6S2. The molecule has 0 unspecified atom stereocenters. The van der Waals surface area contributed by atoms with Gasteiger partial charge in [0.05, 0.1) is 28.3 Å². The van der Waals surface area contributed by atoms with E-state index in [-0.39, 0.29) is 38.4 Å². The van der Waals surface area contributed by atoms with E-state index in [0.29, 0.717) is 0 Å². The summed E-state index contributed by atoms with van der Waals surface area (Å²) in [6, 6.07) is 4.74. The molecule has 0 aliphatic rings. The molecule has 0 spiro atoms. The van der Waals surface area contributed by atoms with Crippen LogP contribution in [0.1, 0.15) is 10.4 Å². The first-order valence-corrected chi connectivity index (χ1v) is 11.5. The zero-order chi connectivity index (χ0) is 21.4. The molecule has 3 rings (SSSR count). The van der Waals surface area contributed by atoms with Crippen LogP contribution in [0.5, 0.6) is 0 Å². The van der Waals surface area contributed by atoms with Crippen LogP contribution in [0.25, 0.3) is 22.8 Å². The van der Waals surface area contributed by atoms with Crippen LogP contribution in [-0.2, 0) is 19.7 Å². The molecule has 0 saturated heterocycles. The lowest BCUT2D eigenvalue weighted by atomic mass is 10.1. The second kappa shape index (κ2) is 7.25. The number of aromatic nitrogens is 5. The lowest BCUT2D eigenvalue weighted by Gasteiger charge is -2.08. The zero-order valence-electron chi connectivity index (χ0n) is 15.0. The summed E-state index contributed by atoms with van der Waals surface area (Å²) >= 11 is 0. The predicted octanol–water partition coefficient (Wildman–Crippen LogP) is 0.501. The molecule has 0 radical (unpaired) electrons. The lowest BCUT2D eigenvalue weighted by molar-refractivity contribution is 0.0697. The van der Waals surface area contributed by atoms with E-state index in [2.05, 4.69) is 24.9 Å². The van der Waals surface area contributed by atoms with E-state index >= 15 is 0 Å². The number of hydrogen-bond donors (Lipinski definition) is 1. The topological polar surface area (TPSA) is 170 Å². The first kappa shape index (κ1) is 20.4. The van der Waals surface area contributed by atoms with Crippen LogP contribution >= 0.6 is 0 Å². The van der Waals surface area contributed by atoms with Gasteiger partial charge in [-0.25, -0.2) is 46.6 Å². The first-order chi connectivity index (χ1) is 13.4. The van der Waals surface area contributed by atoms with Crippen LogP contribution in [0.4, 0.5) is 0 Å². The number of aromatic carboxylic acids is 1. The van der Waals surface area contributed by atoms with Crippen molar-refractivity contribution < 1.29 is 26.7 Å². The molecular weight excluding hydrogens is 422 g/mol. The molecule has 0 saturated carbocycles. The normalized spacial score (nSPS) is 11.9. The number of hydrogen-bond acceptors (Lipinski definition) is 10. The van der Waals surface area contributed by atoms with Crippen molar-refractivity contribution in [2.24, 2.45) is 0 Å². The minimum absolute atomic E-state index is 0.0479. The van der Waals surface area contributed by atoms with Gasteiger partial charge in [-0.3, -0.25) is 0 Å². The van der Waals surface area contributed by atoms with Crippen LogP contribution < -0.4 is 0 Å². The van der Waals surface area contributed by atoms with Crippen LogP contribution in [0, 0.1) is 0 Å². The number of rotatable bonds is 5. The van der Waals surface area contributed by atoms with E-state index in [4.69, 9.17) is 0 Å². The summed E-state index contributed by atoms with van der Waals surface area (Å²) in [4.78, 5) is 31.1. The molecule has 3 aromatic heterocycles. The Balaban J connectivity index is 2.22. The third-order valence-corrected chi connectivity index (χ3v) is 5.61. The Morgan fingerprint density at radius 1 is 0.724 bits per heavy atom. The molecule has 0 amide bonds. The molecule has 0 atom stereocenters. The molecule has 0 bridgehead atoms. The second-order valence-electron chi connectivity index (χ2n) is 5.96. The molecule has 29 heavy (non-hydrogen) atoms. The fraction of sp³-hybridized carbons (Fsp3) is 0.125. The van der Waals surface area contributed by atoms with Gasteiger partial charge in [-0.05, 0) is 12.1 Å². The molecule has 0 aliphatic heterocycles. The summed E-state index contributed by atoms with van der Waals surface area (Å²) < 4.78 is 46.9. The van der Waals surface area contributed by atoms with Crippen molar-refractivity contribution in [2.45, 2.75) is 10.1 Å². The van der Waals surface area contributed by atoms with Crippen molar-refractivity contribution >= 4 is 25.6 Å². The molecule has 3 heterocycles. The molecule has 150 valence electrons. The molecule has 3 aromatic rings. The van der Waals surface area contributed by atoms with E-state index in [1.54, 1.807) is 0 Å². The van der Waals surface area contributed by atoms with Gasteiger partial charge >= 0.3 is 5.97 Å². The maximum Gasteiger partial charge on any atom is 0.335 e. The van der Waals surface area contributed by atoms with E-state index in [1.165, 1.54) is 12.1 Å². The average molecular weight is 435 g/mol. The van der Waals surface area contributed by atoms with Crippen molar-refractivity contribution in [3.05, 3.63) is 42.5 Å². The average Bonchev–Trinajstić information content (AvgIpc) is 2.66. The molecule has 0 fully saturated rings. The zero-order valence-corrected chi connectivity index (χ0v) is 16.6. The largest absolute Gasteiger partial charge is 0.478 e. The Bertz CT molecular complexity index is 1250. The maximum atomic E-state index is 11.7. The van der Waals surface area contributed by atoms with Gasteiger partial charge in [0.15, 0.2) is 29.7 Å². The minimum atomic E-state index is -3.63. The lowest BCUT2D eigenvalue weighted by Crippen LogP contribution is -2.05. The summed E-state index contributed by atoms with van der Waals surface area (Å²) in [7, 11) is -7.25. The van der Waals surface area contributed by atoms with Crippen molar-refractivity contribution in [3.8, 4) is 22.8 Å². The van der Waals surface area contributed by atoms with Crippen molar-refractivity contribution in [1.29, 1.82) is 0 Å². The quantitative estimate of drug-likeness (QED) is 0.553. The fourth-order valence-electron chi connectivity index (χ4n) is 2.28. The highest BCUT2D eigenvalue weighted by Crippen LogP contribution is 2.24. The van der Waals surface area contributed by atoms with E-state index in [0.717, 1.165) is 37.3 Å². The summed E-state index contributed by atoms with van der Waals surface area (Å²) in [5.41, 5.74) is 0.0619. The standard InChI is InChI=1S/C16H13N5O6S2/c1-28(24,25)14-5-10(17-7-19-14)12-3-9(16(22)23)4-13(21-12)11-6-15(20-8-18-11)29(2,26)27/h3-8H,1-2H3,(H,22,23). The van der Waals surface area contributed by atoms with Gasteiger partial charge in [0.25, 0.3) is 0 Å². The summed E-state index contributed by atoms with van der Waals surface area (Å²) in [5, 5.41) is 8.90. The van der Waals surface area contributed by atoms with Gasteiger partial charge in [-0.1, -0.05) is 0 Å². The third kappa shape index (κ3) is 4.57. The Kier molecular flexibility index (Phi) is 5.11. The molecule has 0 aromatic carbocycles. The highest BCUT2D eigenvalue weighted by atomic mass is 32.2. The van der Waals surface area contributed by atoms with Crippen LogP contribution in [0.15, 0.2) is 47.0 Å². The molecule has 0 aliphatic carbocycles. The van der Waals surface area contributed by atoms with Crippen molar-refractivity contribution in [1.82, 2.24) is 24.9 Å². The Morgan fingerprint density at radius 2 is 1.14 bits per heavy atom. The highest BCUT2D eigenvalue weighted by molar-refractivity contribution is 7.90. The van der Waals surface area contributed by atoms with Gasteiger partial charge in [-0.2, -0.15) is 0 Å². The van der Waals surface area contributed by atoms with Crippen molar-refractivity contribution in [2.75, 3.05) is 12.5 Å². The summed E-state index contributed by atoms with van der Waals surface area (Å²) in [5.74, 6) is -1.27. The Labute approximate surface area is 165 Å². The first-order valence-electron chi connectivity index (χ1n) is 7.75. The third-order valence-electron chi connectivity index (χ3n) is 3.64. The second-order valence-corrected chi connectivity index (χ2v) is 9.88. The number of carboxylic acids is 1. The summed E-state index contributed by atoms with van der Waals surface area (Å²) in [6.07, 6.45) is 3.98. The van der Waals surface area contributed by atoms with E-state index in [9.17, 15) is 26.7 Å². The van der Waals surface area contributed by atoms with E-state index < -0.39 is 25.6 Å². The predicted molar refractivity (Wildman–Crippen MR) is 99.5 cm³/mol. The van der Waals surface area contributed by atoms with Gasteiger partial charge < -0.3 is 5.11 Å². The van der Waals surface area contributed by atoms with Crippen LogP contribution in [-0.4, -0.2) is 65.3 Å². The molecule has 1 N–H and O–H groups in total. The fourth-order valence-corrected chi connectivity index (χ4v) is 3.41. The molecule has 11 nitrogen and oxygen atoms in total. The Hall–Kier alpha value is -3.32. The van der Waals surface area contributed by atoms with Crippen LogP contribution in [0.3, 0.4) is 0 Å². The highest BCUT2D eigenvalue weighted by Gasteiger charge is 2.17. The maximum absolute atomic E-state index is 11.7. The minimum Gasteiger partial charge on any atom is -0.478 e. The summed E-state index contributed by atoms with van der Waals surface area (Å²) in [6.45, 7) is 0. The van der Waals surface area contributed by atoms with Gasteiger partial charge in [0, 0.05) is 24.6 Å². The van der Waals surface area contributed by atoms with Crippen molar-refractivity contribution in [3.63, 3.8) is 0 Å².